The summed E-state index contributed by atoms with van der Waals surface area (Å²) in [5.74, 6) is 0.346. The molecule has 2 aromatic heterocycles. The summed E-state index contributed by atoms with van der Waals surface area (Å²) in [7, 11) is 1.70. The van der Waals surface area contributed by atoms with Gasteiger partial charge in [0.25, 0.3) is 5.91 Å². The largest absolute Gasteiger partial charge is 0.372 e. The molecule has 0 aliphatic carbocycles. The molecule has 2 rings (SSSR count). The third kappa shape index (κ3) is 2.82. The monoisotopic (exact) mass is 258 g/mol. The van der Waals surface area contributed by atoms with Crippen LogP contribution < -0.4 is 10.6 Å². The van der Waals surface area contributed by atoms with Crippen LogP contribution in [0.4, 0.5) is 11.8 Å². The molecule has 2 N–H and O–H groups in total. The highest BCUT2D eigenvalue weighted by Gasteiger charge is 2.13. The van der Waals surface area contributed by atoms with Crippen LogP contribution >= 0.6 is 0 Å². The molecule has 1 amide bonds. The SMILES string of the molecule is CNc1ncccc1C(=O)Nc1nnc(C)c(C)n1. The van der Waals surface area contributed by atoms with Crippen molar-refractivity contribution in [3.05, 3.63) is 35.3 Å². The molecule has 0 radical (unpaired) electrons. The maximum atomic E-state index is 12.1. The molecule has 2 heterocycles. The lowest BCUT2D eigenvalue weighted by atomic mass is 10.2. The minimum Gasteiger partial charge on any atom is -0.372 e. The van der Waals surface area contributed by atoms with Gasteiger partial charge in [-0.3, -0.25) is 10.1 Å². The minimum atomic E-state index is -0.331. The molecule has 19 heavy (non-hydrogen) atoms. The van der Waals surface area contributed by atoms with E-state index in [0.717, 1.165) is 11.4 Å². The number of amides is 1. The lowest BCUT2D eigenvalue weighted by Gasteiger charge is -2.07. The van der Waals surface area contributed by atoms with E-state index < -0.39 is 0 Å². The lowest BCUT2D eigenvalue weighted by molar-refractivity contribution is 0.102. The van der Waals surface area contributed by atoms with Crippen LogP contribution in [0.2, 0.25) is 0 Å². The first-order valence-corrected chi connectivity index (χ1v) is 5.74. The zero-order chi connectivity index (χ0) is 13.8. The van der Waals surface area contributed by atoms with Gasteiger partial charge in [-0.25, -0.2) is 9.97 Å². The van der Waals surface area contributed by atoms with E-state index in [2.05, 4.69) is 30.8 Å². The van der Waals surface area contributed by atoms with Gasteiger partial charge in [0, 0.05) is 13.2 Å². The van der Waals surface area contributed by atoms with Crippen LogP contribution in [0, 0.1) is 13.8 Å². The number of aryl methyl sites for hydroxylation is 2. The Morgan fingerprint density at radius 2 is 2.00 bits per heavy atom. The fraction of sp³-hybridized carbons (Fsp3) is 0.250. The van der Waals surface area contributed by atoms with Crippen molar-refractivity contribution in [3.63, 3.8) is 0 Å². The number of aromatic nitrogens is 4. The van der Waals surface area contributed by atoms with Crippen LogP contribution in [0.3, 0.4) is 0 Å². The standard InChI is InChI=1S/C12H14N6O/c1-7-8(2)17-18-12(15-7)16-11(19)9-5-4-6-14-10(9)13-3/h4-6H,1-3H3,(H,13,14)(H,15,16,18,19). The third-order valence-electron chi connectivity index (χ3n) is 2.61. The summed E-state index contributed by atoms with van der Waals surface area (Å²) in [6.07, 6.45) is 1.61. The molecule has 0 spiro atoms. The summed E-state index contributed by atoms with van der Waals surface area (Å²) in [5, 5.41) is 13.2. The second-order valence-corrected chi connectivity index (χ2v) is 3.91. The van der Waals surface area contributed by atoms with Crippen LogP contribution in [0.25, 0.3) is 0 Å². The van der Waals surface area contributed by atoms with Gasteiger partial charge in [0.05, 0.1) is 17.0 Å². The highest BCUT2D eigenvalue weighted by Crippen LogP contribution is 2.12. The quantitative estimate of drug-likeness (QED) is 0.858. The molecule has 7 heteroatoms. The van der Waals surface area contributed by atoms with E-state index in [1.165, 1.54) is 0 Å². The third-order valence-corrected chi connectivity index (χ3v) is 2.61. The van der Waals surface area contributed by atoms with E-state index >= 15 is 0 Å². The molecule has 98 valence electrons. The summed E-state index contributed by atoms with van der Waals surface area (Å²) >= 11 is 0. The summed E-state index contributed by atoms with van der Waals surface area (Å²) < 4.78 is 0. The molecule has 0 saturated heterocycles. The highest BCUT2D eigenvalue weighted by atomic mass is 16.1. The van der Waals surface area contributed by atoms with Crippen molar-refractivity contribution >= 4 is 17.7 Å². The molecule has 0 atom stereocenters. The van der Waals surface area contributed by atoms with Gasteiger partial charge < -0.3 is 5.32 Å². The first-order valence-electron chi connectivity index (χ1n) is 5.74. The Kier molecular flexibility index (Phi) is 3.65. The van der Waals surface area contributed by atoms with E-state index in [0.29, 0.717) is 11.4 Å². The van der Waals surface area contributed by atoms with Crippen LogP contribution in [0.15, 0.2) is 18.3 Å². The molecule has 2 aromatic rings. The van der Waals surface area contributed by atoms with Crippen LogP contribution in [0.1, 0.15) is 21.7 Å². The van der Waals surface area contributed by atoms with E-state index in [1.54, 1.807) is 32.3 Å². The Morgan fingerprint density at radius 1 is 1.21 bits per heavy atom. The summed E-state index contributed by atoms with van der Waals surface area (Å²) in [6.45, 7) is 3.62. The second-order valence-electron chi connectivity index (χ2n) is 3.91. The first-order chi connectivity index (χ1) is 9.11. The normalized spacial score (nSPS) is 10.1. The molecular weight excluding hydrogens is 244 g/mol. The number of nitrogens with one attached hydrogen (secondary N) is 2. The van der Waals surface area contributed by atoms with Gasteiger partial charge in [-0.05, 0) is 26.0 Å². The number of hydrogen-bond acceptors (Lipinski definition) is 6. The zero-order valence-corrected chi connectivity index (χ0v) is 10.9. The van der Waals surface area contributed by atoms with E-state index in [1.807, 2.05) is 6.92 Å². The van der Waals surface area contributed by atoms with Crippen LogP contribution in [-0.2, 0) is 0 Å². The Hall–Kier alpha value is -2.57. The predicted molar refractivity (Wildman–Crippen MR) is 71.0 cm³/mol. The van der Waals surface area contributed by atoms with Crippen molar-refractivity contribution in [3.8, 4) is 0 Å². The number of carbonyl (C=O) groups excluding carboxylic acids is 1. The van der Waals surface area contributed by atoms with Gasteiger partial charge >= 0.3 is 0 Å². The van der Waals surface area contributed by atoms with Gasteiger partial charge in [0.1, 0.15) is 5.82 Å². The van der Waals surface area contributed by atoms with Crippen molar-refractivity contribution in [2.75, 3.05) is 17.7 Å². The molecule has 0 saturated carbocycles. The number of rotatable bonds is 3. The molecule has 0 aliphatic rings. The Balaban J connectivity index is 2.23. The van der Waals surface area contributed by atoms with Crippen molar-refractivity contribution in [1.29, 1.82) is 0 Å². The Bertz CT molecular complexity index is 613. The summed E-state index contributed by atoms with van der Waals surface area (Å²) in [6, 6.07) is 3.36. The van der Waals surface area contributed by atoms with Gasteiger partial charge in [0.2, 0.25) is 5.95 Å². The minimum absolute atomic E-state index is 0.180. The maximum absolute atomic E-state index is 12.1. The number of anilines is 2. The second kappa shape index (κ2) is 5.38. The summed E-state index contributed by atoms with van der Waals surface area (Å²) in [5.41, 5.74) is 1.88. The highest BCUT2D eigenvalue weighted by molar-refractivity contribution is 6.06. The molecule has 7 nitrogen and oxygen atoms in total. The average molecular weight is 258 g/mol. The number of hydrogen-bond donors (Lipinski definition) is 2. The van der Waals surface area contributed by atoms with E-state index in [-0.39, 0.29) is 11.9 Å². The van der Waals surface area contributed by atoms with Gasteiger partial charge in [0.15, 0.2) is 0 Å². The average Bonchev–Trinajstić information content (AvgIpc) is 2.43. The summed E-state index contributed by atoms with van der Waals surface area (Å²) in [4.78, 5) is 20.3. The molecule has 0 aliphatic heterocycles. The maximum Gasteiger partial charge on any atom is 0.261 e. The topological polar surface area (TPSA) is 92.7 Å². The molecule has 0 aromatic carbocycles. The lowest BCUT2D eigenvalue weighted by Crippen LogP contribution is -2.17. The van der Waals surface area contributed by atoms with Crippen molar-refractivity contribution in [2.45, 2.75) is 13.8 Å². The first kappa shape index (κ1) is 12.9. The molecule has 0 fully saturated rings. The van der Waals surface area contributed by atoms with E-state index in [9.17, 15) is 4.79 Å². The van der Waals surface area contributed by atoms with Crippen molar-refractivity contribution in [1.82, 2.24) is 20.2 Å². The van der Waals surface area contributed by atoms with Crippen LogP contribution in [0.5, 0.6) is 0 Å². The smallest absolute Gasteiger partial charge is 0.261 e. The number of carbonyl (C=O) groups is 1. The Labute approximate surface area is 110 Å². The fourth-order valence-corrected chi connectivity index (χ4v) is 1.47. The van der Waals surface area contributed by atoms with E-state index in [4.69, 9.17) is 0 Å². The Morgan fingerprint density at radius 3 is 2.68 bits per heavy atom. The van der Waals surface area contributed by atoms with Crippen LogP contribution in [-0.4, -0.2) is 33.1 Å². The van der Waals surface area contributed by atoms with Crippen molar-refractivity contribution in [2.24, 2.45) is 0 Å². The predicted octanol–water partition coefficient (Wildman–Crippen LogP) is 1.18. The van der Waals surface area contributed by atoms with Gasteiger partial charge in [-0.2, -0.15) is 5.10 Å². The molecule has 0 unspecified atom stereocenters. The van der Waals surface area contributed by atoms with Crippen molar-refractivity contribution < 1.29 is 4.79 Å². The number of nitrogens with zero attached hydrogens (tertiary/aromatic N) is 4. The van der Waals surface area contributed by atoms with Gasteiger partial charge in [-0.1, -0.05) is 0 Å². The molecule has 0 bridgehead atoms. The number of pyridine rings is 1. The fourth-order valence-electron chi connectivity index (χ4n) is 1.47. The van der Waals surface area contributed by atoms with Gasteiger partial charge in [-0.15, -0.1) is 5.10 Å². The molecular formula is C12H14N6O. The zero-order valence-electron chi connectivity index (χ0n) is 10.9.